The summed E-state index contributed by atoms with van der Waals surface area (Å²) in [5.74, 6) is -1.22. The van der Waals surface area contributed by atoms with Crippen molar-refractivity contribution in [3.05, 3.63) is 101 Å². The second kappa shape index (κ2) is 11.4. The molecule has 35 heavy (non-hydrogen) atoms. The first-order valence-corrected chi connectivity index (χ1v) is 12.3. The van der Waals surface area contributed by atoms with Crippen molar-refractivity contribution in [3.8, 4) is 16.9 Å². The lowest BCUT2D eigenvalue weighted by atomic mass is 9.83. The van der Waals surface area contributed by atoms with Crippen LogP contribution < -0.4 is 4.74 Å². The molecule has 1 unspecified atom stereocenters. The molecule has 0 aromatic heterocycles. The van der Waals surface area contributed by atoms with Gasteiger partial charge in [-0.1, -0.05) is 60.7 Å². The third kappa shape index (κ3) is 5.87. The molecule has 0 N–H and O–H groups in total. The van der Waals surface area contributed by atoms with Crippen molar-refractivity contribution in [3.63, 3.8) is 0 Å². The molecular weight excluding hydrogens is 445 g/mol. The normalized spacial score (nSPS) is 15.9. The smallest absolute Gasteiger partial charge is 0.166 e. The summed E-state index contributed by atoms with van der Waals surface area (Å²) in [6, 6.07) is 15.9. The third-order valence-corrected chi connectivity index (χ3v) is 6.69. The van der Waals surface area contributed by atoms with E-state index in [9.17, 15) is 13.2 Å². The zero-order valence-corrected chi connectivity index (χ0v) is 20.3. The first kappa shape index (κ1) is 24.8. The van der Waals surface area contributed by atoms with Crippen molar-refractivity contribution in [1.29, 1.82) is 0 Å². The number of halogens is 3. The van der Waals surface area contributed by atoms with Crippen LogP contribution in [0.3, 0.4) is 0 Å². The molecule has 4 heteroatoms. The average Bonchev–Trinajstić information content (AvgIpc) is 2.87. The van der Waals surface area contributed by atoms with Gasteiger partial charge in [0.25, 0.3) is 0 Å². The fraction of sp³-hybridized carbons (Fsp3) is 0.290. The van der Waals surface area contributed by atoms with Crippen LogP contribution in [0.4, 0.5) is 13.2 Å². The SMILES string of the molecule is C/C=C/c1ccc(-c2ccc(CCC3CC=C(c4ccc(OCC)c(F)c4)CC3)c(F)c2F)cc1. The van der Waals surface area contributed by atoms with Gasteiger partial charge >= 0.3 is 0 Å². The van der Waals surface area contributed by atoms with E-state index in [0.717, 1.165) is 42.4 Å². The Balaban J connectivity index is 1.38. The Hall–Kier alpha value is -3.27. The van der Waals surface area contributed by atoms with E-state index in [2.05, 4.69) is 6.08 Å². The summed E-state index contributed by atoms with van der Waals surface area (Å²) in [5.41, 5.74) is 4.39. The topological polar surface area (TPSA) is 9.23 Å². The number of ether oxygens (including phenoxy) is 1. The molecule has 0 saturated carbocycles. The standard InChI is InChI=1S/C31H31F3O/c1-3-5-21-8-13-24(14-9-21)27-18-16-25(30(33)31(27)34)15-10-22-6-11-23(12-7-22)26-17-19-29(35-4-2)28(32)20-26/h3,5,8-9,11,13-14,16-20,22H,4,6-7,10,12,15H2,1-2H3/b5-3+. The van der Waals surface area contributed by atoms with E-state index in [0.29, 0.717) is 30.1 Å². The molecule has 3 aromatic carbocycles. The molecule has 0 fully saturated rings. The number of hydrogen-bond acceptors (Lipinski definition) is 1. The quantitative estimate of drug-likeness (QED) is 0.315. The van der Waals surface area contributed by atoms with Gasteiger partial charge in [-0.25, -0.2) is 13.2 Å². The summed E-state index contributed by atoms with van der Waals surface area (Å²) in [6.07, 6.45) is 9.98. The van der Waals surface area contributed by atoms with Crippen LogP contribution in [0.25, 0.3) is 22.8 Å². The highest BCUT2D eigenvalue weighted by Gasteiger charge is 2.19. The molecule has 0 amide bonds. The van der Waals surface area contributed by atoms with E-state index < -0.39 is 11.6 Å². The van der Waals surface area contributed by atoms with Crippen LogP contribution in [0.2, 0.25) is 0 Å². The predicted octanol–water partition coefficient (Wildman–Crippen LogP) is 9.02. The Morgan fingerprint density at radius 1 is 0.943 bits per heavy atom. The Kier molecular flexibility index (Phi) is 8.12. The van der Waals surface area contributed by atoms with Crippen LogP contribution in [0, 0.1) is 23.4 Å². The minimum absolute atomic E-state index is 0.275. The fourth-order valence-electron chi connectivity index (χ4n) is 4.72. The summed E-state index contributed by atoms with van der Waals surface area (Å²) in [5, 5.41) is 0. The molecular formula is C31H31F3O. The van der Waals surface area contributed by atoms with Crippen LogP contribution in [0.15, 0.2) is 66.7 Å². The monoisotopic (exact) mass is 476 g/mol. The molecule has 1 aliphatic rings. The van der Waals surface area contributed by atoms with Gasteiger partial charge in [-0.2, -0.15) is 0 Å². The summed E-state index contributed by atoms with van der Waals surface area (Å²) >= 11 is 0. The van der Waals surface area contributed by atoms with Gasteiger partial charge in [-0.05, 0) is 91.8 Å². The van der Waals surface area contributed by atoms with Crippen LogP contribution in [0.1, 0.15) is 56.2 Å². The van der Waals surface area contributed by atoms with Gasteiger partial charge < -0.3 is 4.74 Å². The van der Waals surface area contributed by atoms with E-state index >= 15 is 0 Å². The average molecular weight is 477 g/mol. The second-order valence-corrected chi connectivity index (χ2v) is 9.01. The summed E-state index contributed by atoms with van der Waals surface area (Å²) < 4.78 is 49.2. The Labute approximate surface area is 206 Å². The maximum Gasteiger partial charge on any atom is 0.166 e. The zero-order valence-electron chi connectivity index (χ0n) is 20.3. The van der Waals surface area contributed by atoms with E-state index in [1.165, 1.54) is 6.07 Å². The minimum atomic E-state index is -0.787. The molecule has 0 spiro atoms. The van der Waals surface area contributed by atoms with Gasteiger partial charge in [0.1, 0.15) is 0 Å². The molecule has 1 aliphatic carbocycles. The maximum absolute atomic E-state index is 14.9. The first-order valence-electron chi connectivity index (χ1n) is 12.3. The number of hydrogen-bond donors (Lipinski definition) is 0. The Morgan fingerprint density at radius 2 is 1.71 bits per heavy atom. The maximum atomic E-state index is 14.9. The summed E-state index contributed by atoms with van der Waals surface area (Å²) in [4.78, 5) is 0. The Morgan fingerprint density at radius 3 is 2.37 bits per heavy atom. The van der Waals surface area contributed by atoms with Gasteiger partial charge in [0.2, 0.25) is 0 Å². The van der Waals surface area contributed by atoms with Crippen molar-refractivity contribution in [2.24, 2.45) is 5.92 Å². The molecule has 3 aromatic rings. The molecule has 0 saturated heterocycles. The van der Waals surface area contributed by atoms with Gasteiger partial charge in [0.05, 0.1) is 6.61 Å². The van der Waals surface area contributed by atoms with Crippen LogP contribution in [0.5, 0.6) is 5.75 Å². The second-order valence-electron chi connectivity index (χ2n) is 9.01. The van der Waals surface area contributed by atoms with Gasteiger partial charge in [-0.15, -0.1) is 0 Å². The highest BCUT2D eigenvalue weighted by molar-refractivity contribution is 5.68. The molecule has 0 bridgehead atoms. The molecule has 0 heterocycles. The largest absolute Gasteiger partial charge is 0.491 e. The molecule has 4 rings (SSSR count). The lowest BCUT2D eigenvalue weighted by Crippen LogP contribution is -2.08. The summed E-state index contributed by atoms with van der Waals surface area (Å²) in [7, 11) is 0. The Bertz CT molecular complexity index is 1220. The van der Waals surface area contributed by atoms with Gasteiger partial charge in [0, 0.05) is 5.56 Å². The third-order valence-electron chi connectivity index (χ3n) is 6.69. The van der Waals surface area contributed by atoms with Crippen molar-refractivity contribution < 1.29 is 17.9 Å². The van der Waals surface area contributed by atoms with Crippen molar-refractivity contribution >= 4 is 11.6 Å². The number of aryl methyl sites for hydroxylation is 1. The number of benzene rings is 3. The first-order chi connectivity index (χ1) is 17.0. The molecule has 1 atom stereocenters. The lowest BCUT2D eigenvalue weighted by Gasteiger charge is -2.22. The molecule has 0 aliphatic heterocycles. The fourth-order valence-corrected chi connectivity index (χ4v) is 4.72. The van der Waals surface area contributed by atoms with E-state index in [1.54, 1.807) is 18.2 Å². The van der Waals surface area contributed by atoms with Crippen molar-refractivity contribution in [1.82, 2.24) is 0 Å². The van der Waals surface area contributed by atoms with Crippen LogP contribution in [-0.2, 0) is 6.42 Å². The molecule has 0 radical (unpaired) electrons. The van der Waals surface area contributed by atoms with Crippen LogP contribution in [-0.4, -0.2) is 6.61 Å². The predicted molar refractivity (Wildman–Crippen MR) is 138 cm³/mol. The van der Waals surface area contributed by atoms with Gasteiger partial charge in [0.15, 0.2) is 23.2 Å². The van der Waals surface area contributed by atoms with Crippen LogP contribution >= 0.6 is 0 Å². The molecule has 1 nitrogen and oxygen atoms in total. The van der Waals surface area contributed by atoms with Gasteiger partial charge in [-0.3, -0.25) is 0 Å². The zero-order chi connectivity index (χ0) is 24.8. The highest BCUT2D eigenvalue weighted by atomic mass is 19.2. The lowest BCUT2D eigenvalue weighted by molar-refractivity contribution is 0.321. The number of rotatable bonds is 8. The van der Waals surface area contributed by atoms with E-state index in [4.69, 9.17) is 4.74 Å². The summed E-state index contributed by atoms with van der Waals surface area (Å²) in [6.45, 7) is 4.20. The van der Waals surface area contributed by atoms with Crippen molar-refractivity contribution in [2.45, 2.75) is 46.0 Å². The molecule has 182 valence electrons. The van der Waals surface area contributed by atoms with Crippen molar-refractivity contribution in [2.75, 3.05) is 6.61 Å². The minimum Gasteiger partial charge on any atom is -0.491 e. The van der Waals surface area contributed by atoms with E-state index in [1.807, 2.05) is 56.3 Å². The highest BCUT2D eigenvalue weighted by Crippen LogP contribution is 2.35. The number of allylic oxidation sites excluding steroid dienone is 3. The van der Waals surface area contributed by atoms with E-state index in [-0.39, 0.29) is 17.1 Å².